The van der Waals surface area contributed by atoms with Crippen LogP contribution in [0.1, 0.15) is 5.69 Å². The molecule has 144 valence electrons. The molecule has 3 rings (SSSR count). The largest absolute Gasteiger partial charge is 0.484 e. The Morgan fingerprint density at radius 3 is 2.64 bits per heavy atom. The smallest absolute Gasteiger partial charge is 0.259 e. The highest BCUT2D eigenvalue weighted by molar-refractivity contribution is 7.13. The minimum absolute atomic E-state index is 0.0260. The van der Waals surface area contributed by atoms with E-state index < -0.39 is 0 Å². The van der Waals surface area contributed by atoms with E-state index in [4.69, 9.17) is 4.74 Å². The van der Waals surface area contributed by atoms with Crippen LogP contribution >= 0.6 is 11.3 Å². The topological polar surface area (TPSA) is 84.4 Å². The maximum Gasteiger partial charge on any atom is 0.259 e. The second-order valence-electron chi connectivity index (χ2n) is 6.21. The molecule has 2 heterocycles. The number of nitrogens with one attached hydrogen (secondary N) is 1. The standard InChI is InChI=1S/C20H20N4O3S/c1-24(2)19(26)12-27-17-7-5-15(6-8-17)22-18(25)10-16-13-28-20(23-16)14-4-3-9-21-11-14/h3-9,11,13H,10,12H2,1-2H3,(H,22,25). The molecule has 1 aromatic carbocycles. The van der Waals surface area contributed by atoms with Crippen LogP contribution in [0, 0.1) is 0 Å². The molecule has 0 aliphatic rings. The van der Waals surface area contributed by atoms with Crippen molar-refractivity contribution in [1.29, 1.82) is 0 Å². The highest BCUT2D eigenvalue weighted by Gasteiger charge is 2.10. The molecule has 0 unspecified atom stereocenters. The van der Waals surface area contributed by atoms with E-state index in [1.54, 1.807) is 50.8 Å². The zero-order valence-corrected chi connectivity index (χ0v) is 16.4. The van der Waals surface area contributed by atoms with Gasteiger partial charge in [-0.25, -0.2) is 4.98 Å². The number of anilines is 1. The van der Waals surface area contributed by atoms with Gasteiger partial charge in [0, 0.05) is 43.1 Å². The number of likely N-dealkylation sites (N-methyl/N-ethyl adjacent to an activating group) is 1. The van der Waals surface area contributed by atoms with Crippen LogP contribution in [0.3, 0.4) is 0 Å². The molecule has 2 aromatic heterocycles. The molecule has 0 atom stereocenters. The zero-order chi connectivity index (χ0) is 19.9. The third kappa shape index (κ3) is 5.37. The average Bonchev–Trinajstić information content (AvgIpc) is 3.16. The lowest BCUT2D eigenvalue weighted by Gasteiger charge is -2.11. The van der Waals surface area contributed by atoms with Crippen molar-refractivity contribution in [3.8, 4) is 16.3 Å². The first kappa shape index (κ1) is 19.5. The molecule has 0 saturated heterocycles. The van der Waals surface area contributed by atoms with E-state index in [1.165, 1.54) is 16.2 Å². The Hall–Kier alpha value is -3.26. The van der Waals surface area contributed by atoms with Crippen LogP contribution in [-0.2, 0) is 16.0 Å². The molecular weight excluding hydrogens is 376 g/mol. The van der Waals surface area contributed by atoms with Gasteiger partial charge in [0.25, 0.3) is 5.91 Å². The number of hydrogen-bond acceptors (Lipinski definition) is 6. The summed E-state index contributed by atoms with van der Waals surface area (Å²) in [6.07, 6.45) is 3.65. The van der Waals surface area contributed by atoms with Gasteiger partial charge in [-0.1, -0.05) is 0 Å². The summed E-state index contributed by atoms with van der Waals surface area (Å²) in [4.78, 5) is 33.8. The molecular formula is C20H20N4O3S. The minimum atomic E-state index is -0.153. The molecule has 0 spiro atoms. The minimum Gasteiger partial charge on any atom is -0.484 e. The Balaban J connectivity index is 1.52. The van der Waals surface area contributed by atoms with E-state index in [0.29, 0.717) is 17.1 Å². The van der Waals surface area contributed by atoms with Crippen molar-refractivity contribution in [2.75, 3.05) is 26.0 Å². The van der Waals surface area contributed by atoms with Crippen LogP contribution in [0.5, 0.6) is 5.75 Å². The fourth-order valence-electron chi connectivity index (χ4n) is 2.29. The number of carbonyl (C=O) groups excluding carboxylic acids is 2. The number of amides is 2. The third-order valence-corrected chi connectivity index (χ3v) is 4.74. The molecule has 8 heteroatoms. The predicted molar refractivity (Wildman–Crippen MR) is 108 cm³/mol. The molecule has 28 heavy (non-hydrogen) atoms. The molecule has 7 nitrogen and oxygen atoms in total. The van der Waals surface area contributed by atoms with E-state index in [2.05, 4.69) is 15.3 Å². The molecule has 0 aliphatic heterocycles. The number of carbonyl (C=O) groups is 2. The zero-order valence-electron chi connectivity index (χ0n) is 15.6. The Morgan fingerprint density at radius 1 is 1.18 bits per heavy atom. The van der Waals surface area contributed by atoms with Crippen LogP contribution < -0.4 is 10.1 Å². The Labute approximate surface area is 167 Å². The van der Waals surface area contributed by atoms with Crippen molar-refractivity contribution in [3.63, 3.8) is 0 Å². The number of nitrogens with zero attached hydrogens (tertiary/aromatic N) is 3. The lowest BCUT2D eigenvalue weighted by atomic mass is 10.2. The summed E-state index contributed by atoms with van der Waals surface area (Å²) >= 11 is 1.48. The van der Waals surface area contributed by atoms with Crippen molar-refractivity contribution >= 4 is 28.8 Å². The summed E-state index contributed by atoms with van der Waals surface area (Å²) in [6, 6.07) is 10.7. The molecule has 0 bridgehead atoms. The van der Waals surface area contributed by atoms with Crippen LogP contribution in [0.25, 0.3) is 10.6 Å². The quantitative estimate of drug-likeness (QED) is 0.664. The van der Waals surface area contributed by atoms with Gasteiger partial charge in [-0.15, -0.1) is 11.3 Å². The van der Waals surface area contributed by atoms with E-state index >= 15 is 0 Å². The highest BCUT2D eigenvalue weighted by Crippen LogP contribution is 2.23. The Morgan fingerprint density at radius 2 is 1.96 bits per heavy atom. The van der Waals surface area contributed by atoms with Gasteiger partial charge < -0.3 is 15.0 Å². The number of thiazole rings is 1. The van der Waals surface area contributed by atoms with Crippen LogP contribution in [0.2, 0.25) is 0 Å². The first-order chi connectivity index (χ1) is 13.5. The van der Waals surface area contributed by atoms with Gasteiger partial charge in [-0.2, -0.15) is 0 Å². The number of pyridine rings is 1. The van der Waals surface area contributed by atoms with Gasteiger partial charge in [-0.05, 0) is 36.4 Å². The van der Waals surface area contributed by atoms with Gasteiger partial charge in [0.15, 0.2) is 6.61 Å². The van der Waals surface area contributed by atoms with Gasteiger partial charge in [0.1, 0.15) is 10.8 Å². The summed E-state index contributed by atoms with van der Waals surface area (Å²) in [5, 5.41) is 5.55. The van der Waals surface area contributed by atoms with Crippen LogP contribution in [0.4, 0.5) is 5.69 Å². The first-order valence-corrected chi connectivity index (χ1v) is 9.47. The average molecular weight is 396 g/mol. The lowest BCUT2D eigenvalue weighted by Crippen LogP contribution is -2.27. The van der Waals surface area contributed by atoms with E-state index in [0.717, 1.165) is 10.6 Å². The van der Waals surface area contributed by atoms with Gasteiger partial charge in [0.2, 0.25) is 5.91 Å². The van der Waals surface area contributed by atoms with E-state index in [1.807, 2.05) is 17.5 Å². The van der Waals surface area contributed by atoms with Crippen molar-refractivity contribution < 1.29 is 14.3 Å². The first-order valence-electron chi connectivity index (χ1n) is 8.59. The maximum atomic E-state index is 12.3. The number of aromatic nitrogens is 2. The fraction of sp³-hybridized carbons (Fsp3) is 0.200. The molecule has 0 aliphatic carbocycles. The Kier molecular flexibility index (Phi) is 6.33. The van der Waals surface area contributed by atoms with Crippen molar-refractivity contribution in [1.82, 2.24) is 14.9 Å². The summed E-state index contributed by atoms with van der Waals surface area (Å²) in [7, 11) is 3.35. The summed E-state index contributed by atoms with van der Waals surface area (Å²) in [5.41, 5.74) is 2.30. The SMILES string of the molecule is CN(C)C(=O)COc1ccc(NC(=O)Cc2csc(-c3cccnc3)n2)cc1. The molecule has 0 saturated carbocycles. The monoisotopic (exact) mass is 396 g/mol. The third-order valence-electron chi connectivity index (χ3n) is 3.80. The lowest BCUT2D eigenvalue weighted by molar-refractivity contribution is -0.130. The molecule has 0 fully saturated rings. The number of hydrogen-bond donors (Lipinski definition) is 1. The summed E-state index contributed by atoms with van der Waals surface area (Å²) < 4.78 is 5.41. The predicted octanol–water partition coefficient (Wildman–Crippen LogP) is 2.85. The maximum absolute atomic E-state index is 12.3. The second kappa shape index (κ2) is 9.09. The highest BCUT2D eigenvalue weighted by atomic mass is 32.1. The van der Waals surface area contributed by atoms with E-state index in [-0.39, 0.29) is 24.8 Å². The van der Waals surface area contributed by atoms with Crippen LogP contribution in [-0.4, -0.2) is 47.4 Å². The van der Waals surface area contributed by atoms with E-state index in [9.17, 15) is 9.59 Å². The molecule has 0 radical (unpaired) electrons. The second-order valence-corrected chi connectivity index (χ2v) is 7.07. The number of ether oxygens (including phenoxy) is 1. The summed E-state index contributed by atoms with van der Waals surface area (Å²) in [6.45, 7) is -0.0260. The fourth-order valence-corrected chi connectivity index (χ4v) is 3.10. The van der Waals surface area contributed by atoms with Gasteiger partial charge in [0.05, 0.1) is 12.1 Å². The van der Waals surface area contributed by atoms with Crippen molar-refractivity contribution in [2.24, 2.45) is 0 Å². The molecule has 1 N–H and O–H groups in total. The molecule has 2 amide bonds. The Bertz CT molecular complexity index is 940. The summed E-state index contributed by atoms with van der Waals surface area (Å²) in [5.74, 6) is 0.291. The van der Waals surface area contributed by atoms with Crippen molar-refractivity contribution in [2.45, 2.75) is 6.42 Å². The number of benzene rings is 1. The molecule has 3 aromatic rings. The van der Waals surface area contributed by atoms with Crippen molar-refractivity contribution in [3.05, 3.63) is 59.9 Å². The van der Waals surface area contributed by atoms with Gasteiger partial charge in [-0.3, -0.25) is 14.6 Å². The number of rotatable bonds is 7. The normalized spacial score (nSPS) is 10.4. The van der Waals surface area contributed by atoms with Gasteiger partial charge >= 0.3 is 0 Å². The van der Waals surface area contributed by atoms with Crippen LogP contribution in [0.15, 0.2) is 54.2 Å².